The van der Waals surface area contributed by atoms with E-state index in [9.17, 15) is 14.7 Å². The zero-order chi connectivity index (χ0) is 17.0. The van der Waals surface area contributed by atoms with Crippen LogP contribution < -0.4 is 5.32 Å². The number of rotatable bonds is 4. The number of nitrogens with one attached hydrogen (secondary N) is 1. The van der Waals surface area contributed by atoms with Gasteiger partial charge in [-0.3, -0.25) is 4.79 Å². The average Bonchev–Trinajstić information content (AvgIpc) is 2.50. The predicted octanol–water partition coefficient (Wildman–Crippen LogP) is 3.88. The third-order valence-corrected chi connectivity index (χ3v) is 3.49. The van der Waals surface area contributed by atoms with Gasteiger partial charge < -0.3 is 15.2 Å². The predicted molar refractivity (Wildman–Crippen MR) is 88.1 cm³/mol. The van der Waals surface area contributed by atoms with Crippen molar-refractivity contribution in [1.29, 1.82) is 0 Å². The highest BCUT2D eigenvalue weighted by Gasteiger charge is 2.20. The van der Waals surface area contributed by atoms with Gasteiger partial charge >= 0.3 is 5.97 Å². The number of phenols is 1. The van der Waals surface area contributed by atoms with Gasteiger partial charge in [0.15, 0.2) is 6.10 Å². The van der Waals surface area contributed by atoms with E-state index in [-0.39, 0.29) is 11.3 Å². The molecule has 2 rings (SSSR count). The van der Waals surface area contributed by atoms with E-state index < -0.39 is 18.0 Å². The number of ether oxygens (including phenoxy) is 1. The second-order valence-electron chi connectivity index (χ2n) is 4.71. The normalized spacial score (nSPS) is 11.6. The Hall–Kier alpha value is -2.24. The number of aromatic hydroxyl groups is 1. The molecule has 0 aromatic heterocycles. The lowest BCUT2D eigenvalue weighted by molar-refractivity contribution is -0.123. The highest BCUT2D eigenvalue weighted by molar-refractivity contribution is 6.35. The summed E-state index contributed by atoms with van der Waals surface area (Å²) in [6, 6.07) is 10.3. The van der Waals surface area contributed by atoms with Gasteiger partial charge in [0, 0.05) is 5.02 Å². The fourth-order valence-corrected chi connectivity index (χ4v) is 2.08. The van der Waals surface area contributed by atoms with Crippen LogP contribution in [-0.2, 0) is 9.53 Å². The minimum Gasteiger partial charge on any atom is -0.508 e. The molecule has 0 fully saturated rings. The summed E-state index contributed by atoms with van der Waals surface area (Å²) in [6.07, 6.45) is -1.06. The van der Waals surface area contributed by atoms with E-state index >= 15 is 0 Å². The fourth-order valence-electron chi connectivity index (χ4n) is 1.74. The molecule has 0 unspecified atom stereocenters. The highest BCUT2D eigenvalue weighted by Crippen LogP contribution is 2.25. The number of hydrogen-bond donors (Lipinski definition) is 2. The summed E-state index contributed by atoms with van der Waals surface area (Å²) < 4.78 is 5.06. The van der Waals surface area contributed by atoms with Crippen molar-refractivity contribution in [2.45, 2.75) is 13.0 Å². The standard InChI is InChI=1S/C16H13Cl2NO4/c1-9(23-16(22)10-3-2-4-12(20)7-10)15(21)19-14-8-11(17)5-6-13(14)18/h2-9,20H,1H3,(H,19,21)/t9-/m1/s1. The topological polar surface area (TPSA) is 75.6 Å². The molecule has 120 valence electrons. The summed E-state index contributed by atoms with van der Waals surface area (Å²) in [5.41, 5.74) is 0.467. The molecular formula is C16H13Cl2NO4. The summed E-state index contributed by atoms with van der Waals surface area (Å²) in [5.74, 6) is -1.34. The summed E-state index contributed by atoms with van der Waals surface area (Å²) >= 11 is 11.8. The first kappa shape index (κ1) is 17.1. The molecule has 0 aliphatic heterocycles. The second kappa shape index (κ2) is 7.35. The van der Waals surface area contributed by atoms with Crippen molar-refractivity contribution in [2.24, 2.45) is 0 Å². The Kier molecular flexibility index (Phi) is 5.47. The Morgan fingerprint density at radius 2 is 1.91 bits per heavy atom. The number of esters is 1. The number of carbonyl (C=O) groups excluding carboxylic acids is 2. The van der Waals surface area contributed by atoms with Crippen molar-refractivity contribution in [3.05, 3.63) is 58.1 Å². The molecule has 0 saturated carbocycles. The third-order valence-electron chi connectivity index (χ3n) is 2.92. The first-order chi connectivity index (χ1) is 10.9. The van der Waals surface area contributed by atoms with Gasteiger partial charge in [0.2, 0.25) is 0 Å². The lowest BCUT2D eigenvalue weighted by Crippen LogP contribution is -2.30. The van der Waals surface area contributed by atoms with Gasteiger partial charge in [-0.2, -0.15) is 0 Å². The van der Waals surface area contributed by atoms with Gasteiger partial charge in [-0.1, -0.05) is 29.3 Å². The SMILES string of the molecule is C[C@@H](OC(=O)c1cccc(O)c1)C(=O)Nc1cc(Cl)ccc1Cl. The van der Waals surface area contributed by atoms with E-state index in [1.54, 1.807) is 12.1 Å². The van der Waals surface area contributed by atoms with Crippen LogP contribution in [0.1, 0.15) is 17.3 Å². The maximum atomic E-state index is 12.1. The van der Waals surface area contributed by atoms with E-state index in [4.69, 9.17) is 27.9 Å². The molecule has 0 spiro atoms. The Balaban J connectivity index is 2.02. The van der Waals surface area contributed by atoms with Gasteiger partial charge in [0.25, 0.3) is 5.91 Å². The van der Waals surface area contributed by atoms with E-state index in [2.05, 4.69) is 5.32 Å². The zero-order valence-corrected chi connectivity index (χ0v) is 13.6. The maximum Gasteiger partial charge on any atom is 0.339 e. The molecule has 0 aliphatic carbocycles. The summed E-state index contributed by atoms with van der Waals surface area (Å²) in [5, 5.41) is 12.6. The van der Waals surface area contributed by atoms with Crippen LogP contribution in [-0.4, -0.2) is 23.1 Å². The monoisotopic (exact) mass is 353 g/mol. The molecule has 1 amide bonds. The molecular weight excluding hydrogens is 341 g/mol. The lowest BCUT2D eigenvalue weighted by Gasteiger charge is -2.14. The average molecular weight is 354 g/mol. The largest absolute Gasteiger partial charge is 0.508 e. The number of phenolic OH excluding ortho intramolecular Hbond substituents is 1. The van der Waals surface area contributed by atoms with Crippen molar-refractivity contribution < 1.29 is 19.4 Å². The van der Waals surface area contributed by atoms with Crippen molar-refractivity contribution >= 4 is 40.8 Å². The molecule has 0 aliphatic rings. The number of hydrogen-bond acceptors (Lipinski definition) is 4. The molecule has 2 N–H and O–H groups in total. The molecule has 0 radical (unpaired) electrons. The van der Waals surface area contributed by atoms with Gasteiger partial charge in [-0.05, 0) is 43.3 Å². The lowest BCUT2D eigenvalue weighted by atomic mass is 10.2. The van der Waals surface area contributed by atoms with Crippen LogP contribution in [0.25, 0.3) is 0 Å². The van der Waals surface area contributed by atoms with Gasteiger partial charge in [-0.25, -0.2) is 4.79 Å². The number of amides is 1. The Labute approximate surface area is 142 Å². The van der Waals surface area contributed by atoms with Gasteiger partial charge in [0.05, 0.1) is 16.3 Å². The molecule has 0 heterocycles. The van der Waals surface area contributed by atoms with Crippen LogP contribution in [0.3, 0.4) is 0 Å². The molecule has 1 atom stereocenters. The van der Waals surface area contributed by atoms with Crippen molar-refractivity contribution in [2.75, 3.05) is 5.32 Å². The fraction of sp³-hybridized carbons (Fsp3) is 0.125. The molecule has 0 bridgehead atoms. The molecule has 0 saturated heterocycles. The highest BCUT2D eigenvalue weighted by atomic mass is 35.5. The van der Waals surface area contributed by atoms with Crippen molar-refractivity contribution in [3.63, 3.8) is 0 Å². The van der Waals surface area contributed by atoms with Crippen LogP contribution in [0.4, 0.5) is 5.69 Å². The maximum absolute atomic E-state index is 12.1. The number of anilines is 1. The Bertz CT molecular complexity index is 749. The molecule has 5 nitrogen and oxygen atoms in total. The van der Waals surface area contributed by atoms with Crippen molar-refractivity contribution in [3.8, 4) is 5.75 Å². The first-order valence-electron chi connectivity index (χ1n) is 6.63. The van der Waals surface area contributed by atoms with Gasteiger partial charge in [0.1, 0.15) is 5.75 Å². The minimum atomic E-state index is -1.06. The van der Waals surface area contributed by atoms with Crippen LogP contribution in [0, 0.1) is 0 Å². The number of halogens is 2. The number of carbonyl (C=O) groups is 2. The summed E-state index contributed by atoms with van der Waals surface area (Å²) in [7, 11) is 0. The molecule has 2 aromatic carbocycles. The summed E-state index contributed by atoms with van der Waals surface area (Å²) in [6.45, 7) is 1.43. The zero-order valence-electron chi connectivity index (χ0n) is 12.0. The van der Waals surface area contributed by atoms with Crippen LogP contribution in [0.2, 0.25) is 10.0 Å². The van der Waals surface area contributed by atoms with E-state index in [0.29, 0.717) is 15.7 Å². The van der Waals surface area contributed by atoms with E-state index in [1.807, 2.05) is 0 Å². The van der Waals surface area contributed by atoms with E-state index in [0.717, 1.165) is 0 Å². The third kappa shape index (κ3) is 4.61. The van der Waals surface area contributed by atoms with Gasteiger partial charge in [-0.15, -0.1) is 0 Å². The Morgan fingerprint density at radius 3 is 2.61 bits per heavy atom. The quantitative estimate of drug-likeness (QED) is 0.817. The summed E-state index contributed by atoms with van der Waals surface area (Å²) in [4.78, 5) is 24.0. The Morgan fingerprint density at radius 1 is 1.17 bits per heavy atom. The van der Waals surface area contributed by atoms with Crippen molar-refractivity contribution in [1.82, 2.24) is 0 Å². The van der Waals surface area contributed by atoms with Crippen LogP contribution in [0.15, 0.2) is 42.5 Å². The minimum absolute atomic E-state index is 0.0673. The molecule has 7 heteroatoms. The smallest absolute Gasteiger partial charge is 0.339 e. The van der Waals surface area contributed by atoms with E-state index in [1.165, 1.54) is 37.3 Å². The first-order valence-corrected chi connectivity index (χ1v) is 7.38. The van der Waals surface area contributed by atoms with Crippen LogP contribution >= 0.6 is 23.2 Å². The molecule has 2 aromatic rings. The molecule has 23 heavy (non-hydrogen) atoms. The number of benzene rings is 2. The second-order valence-corrected chi connectivity index (χ2v) is 5.55. The van der Waals surface area contributed by atoms with Crippen LogP contribution in [0.5, 0.6) is 5.75 Å².